The summed E-state index contributed by atoms with van der Waals surface area (Å²) >= 11 is 0. The zero-order valence-electron chi connectivity index (χ0n) is 16.2. The van der Waals surface area contributed by atoms with Gasteiger partial charge in [-0.1, -0.05) is 12.1 Å². The van der Waals surface area contributed by atoms with E-state index in [2.05, 4.69) is 4.98 Å². The third-order valence-corrected chi connectivity index (χ3v) is 5.13. The van der Waals surface area contributed by atoms with E-state index in [4.69, 9.17) is 9.90 Å². The molecule has 1 aliphatic heterocycles. The number of piperidine rings is 1. The maximum Gasteiger partial charge on any atom is 0.313 e. The Morgan fingerprint density at radius 2 is 2.17 bits per heavy atom. The van der Waals surface area contributed by atoms with Gasteiger partial charge in [0.1, 0.15) is 11.2 Å². The van der Waals surface area contributed by atoms with E-state index in [-0.39, 0.29) is 19.4 Å². The Morgan fingerprint density at radius 3 is 2.76 bits per heavy atom. The maximum absolute atomic E-state index is 13.5. The number of imidazole rings is 1. The molecular formula is C20H26FN3O5. The highest BCUT2D eigenvalue weighted by Gasteiger charge is 2.49. The van der Waals surface area contributed by atoms with Gasteiger partial charge in [0, 0.05) is 32.4 Å². The van der Waals surface area contributed by atoms with Crippen molar-refractivity contribution in [2.24, 2.45) is 5.41 Å². The van der Waals surface area contributed by atoms with Crippen LogP contribution in [-0.4, -0.2) is 61.4 Å². The fourth-order valence-corrected chi connectivity index (χ4v) is 3.66. The van der Waals surface area contributed by atoms with Crippen molar-refractivity contribution in [3.05, 3.63) is 53.9 Å². The second-order valence-corrected chi connectivity index (χ2v) is 7.08. The Balaban J connectivity index is 0.000000941. The number of rotatable bonds is 6. The highest BCUT2D eigenvalue weighted by Crippen LogP contribution is 2.35. The van der Waals surface area contributed by atoms with Gasteiger partial charge >= 0.3 is 5.97 Å². The summed E-state index contributed by atoms with van der Waals surface area (Å²) in [7, 11) is 0. The summed E-state index contributed by atoms with van der Waals surface area (Å²) in [5, 5.41) is 27.3. The second-order valence-electron chi connectivity index (χ2n) is 7.08. The molecule has 1 saturated heterocycles. The number of likely N-dealkylation sites (tertiary alicyclic amines) is 1. The van der Waals surface area contributed by atoms with Crippen molar-refractivity contribution in [2.75, 3.05) is 13.1 Å². The van der Waals surface area contributed by atoms with Crippen LogP contribution in [-0.2, 0) is 29.1 Å². The van der Waals surface area contributed by atoms with Crippen molar-refractivity contribution in [3.63, 3.8) is 0 Å². The molecule has 0 aliphatic carbocycles. The normalized spacial score (nSPS) is 21.8. The summed E-state index contributed by atoms with van der Waals surface area (Å²) in [5.41, 5.74) is 0.0798. The van der Waals surface area contributed by atoms with Crippen LogP contribution in [0.25, 0.3) is 0 Å². The van der Waals surface area contributed by atoms with Crippen LogP contribution in [0, 0.1) is 11.2 Å². The Hall–Kier alpha value is -2.78. The average Bonchev–Trinajstić information content (AvgIpc) is 3.12. The van der Waals surface area contributed by atoms with E-state index in [0.717, 1.165) is 12.2 Å². The number of nitrogens with zero attached hydrogens (tertiary/aromatic N) is 3. The molecule has 1 aromatic carbocycles. The van der Waals surface area contributed by atoms with Gasteiger partial charge in [-0.05, 0) is 37.5 Å². The van der Waals surface area contributed by atoms with Crippen molar-refractivity contribution < 1.29 is 29.3 Å². The van der Waals surface area contributed by atoms with Crippen LogP contribution >= 0.6 is 0 Å². The Kier molecular flexibility index (Phi) is 7.86. The summed E-state index contributed by atoms with van der Waals surface area (Å²) in [6.45, 7) is 3.91. The van der Waals surface area contributed by atoms with Crippen molar-refractivity contribution in [1.82, 2.24) is 14.5 Å². The summed E-state index contributed by atoms with van der Waals surface area (Å²) in [4.78, 5) is 26.8. The zero-order valence-corrected chi connectivity index (χ0v) is 16.2. The molecule has 2 heterocycles. The maximum atomic E-state index is 13.5. The molecule has 1 aliphatic rings. The number of halogens is 1. The molecule has 158 valence electrons. The second kappa shape index (κ2) is 10.1. The Bertz CT molecular complexity index is 828. The molecule has 0 unspecified atom stereocenters. The first kappa shape index (κ1) is 22.5. The Morgan fingerprint density at radius 1 is 1.45 bits per heavy atom. The van der Waals surface area contributed by atoms with Gasteiger partial charge in [-0.2, -0.15) is 0 Å². The number of aliphatic hydroxyl groups is 1. The van der Waals surface area contributed by atoms with E-state index in [0.29, 0.717) is 25.1 Å². The number of hydrogen-bond donors (Lipinski definition) is 3. The topological polar surface area (TPSA) is 116 Å². The van der Waals surface area contributed by atoms with E-state index in [1.807, 2.05) is 22.6 Å². The van der Waals surface area contributed by atoms with E-state index >= 15 is 0 Å². The fourth-order valence-electron chi connectivity index (χ4n) is 3.66. The fraction of sp³-hybridized carbons (Fsp3) is 0.450. The van der Waals surface area contributed by atoms with Crippen molar-refractivity contribution in [3.8, 4) is 0 Å². The monoisotopic (exact) mass is 407 g/mol. The van der Waals surface area contributed by atoms with E-state index < -0.39 is 23.3 Å². The lowest BCUT2D eigenvalue weighted by atomic mass is 9.73. The number of aliphatic hydroxyl groups excluding tert-OH is 1. The lowest BCUT2D eigenvalue weighted by Gasteiger charge is -2.43. The molecule has 0 radical (unpaired) electrons. The minimum absolute atomic E-state index is 0.0845. The highest BCUT2D eigenvalue weighted by atomic mass is 19.1. The molecule has 2 aromatic rings. The molecule has 9 heteroatoms. The first-order chi connectivity index (χ1) is 13.8. The molecule has 3 rings (SSSR count). The first-order valence-electron chi connectivity index (χ1n) is 9.31. The molecule has 29 heavy (non-hydrogen) atoms. The standard InChI is InChI=1S/C19H24FN3O3.CH2O2/c1-2-22-10-16(21-13-22)11-23-7-6-17(24)19(12-23,18(25)26)9-14-4-3-5-15(20)8-14;2-1-3/h3-5,8,10,13,17,24H,2,6-7,9,11-12H2,1H3,(H,25,26);1H,(H,2,3)/t17-,19+;/m0./s1. The predicted octanol–water partition coefficient (Wildman–Crippen LogP) is 1.62. The van der Waals surface area contributed by atoms with Gasteiger partial charge in [-0.3, -0.25) is 14.5 Å². The van der Waals surface area contributed by atoms with E-state index in [1.165, 1.54) is 12.1 Å². The van der Waals surface area contributed by atoms with Crippen LogP contribution in [0.15, 0.2) is 36.8 Å². The molecule has 8 nitrogen and oxygen atoms in total. The van der Waals surface area contributed by atoms with E-state index in [1.54, 1.807) is 18.5 Å². The lowest BCUT2D eigenvalue weighted by molar-refractivity contribution is -0.163. The van der Waals surface area contributed by atoms with Crippen LogP contribution in [0.3, 0.4) is 0 Å². The number of aromatic nitrogens is 2. The van der Waals surface area contributed by atoms with Crippen LogP contribution in [0.2, 0.25) is 0 Å². The molecule has 0 amide bonds. The van der Waals surface area contributed by atoms with Crippen LogP contribution in [0.1, 0.15) is 24.6 Å². The summed E-state index contributed by atoms with van der Waals surface area (Å²) < 4.78 is 15.5. The molecule has 1 aromatic heterocycles. The SMILES string of the molecule is CCn1cnc(CN2CC[C@H](O)[C@](Cc3cccc(F)c3)(C(=O)O)C2)c1.O=CO. The molecule has 3 N–H and O–H groups in total. The third kappa shape index (κ3) is 5.61. The van der Waals surface area contributed by atoms with Gasteiger partial charge in [0.25, 0.3) is 6.47 Å². The molecule has 2 atom stereocenters. The van der Waals surface area contributed by atoms with Gasteiger partial charge in [0.2, 0.25) is 0 Å². The average molecular weight is 407 g/mol. The van der Waals surface area contributed by atoms with Crippen LogP contribution in [0.5, 0.6) is 0 Å². The number of carboxylic acids is 1. The zero-order chi connectivity index (χ0) is 21.4. The third-order valence-electron chi connectivity index (χ3n) is 5.13. The lowest BCUT2D eigenvalue weighted by Crippen LogP contribution is -2.56. The first-order valence-corrected chi connectivity index (χ1v) is 9.31. The Labute approximate surface area is 168 Å². The minimum atomic E-state index is -1.36. The largest absolute Gasteiger partial charge is 0.483 e. The van der Waals surface area contributed by atoms with E-state index in [9.17, 15) is 19.4 Å². The molecular weight excluding hydrogens is 381 g/mol. The van der Waals surface area contributed by atoms with Crippen molar-refractivity contribution in [1.29, 1.82) is 0 Å². The summed E-state index contributed by atoms with van der Waals surface area (Å²) in [5.74, 6) is -1.46. The van der Waals surface area contributed by atoms with Crippen molar-refractivity contribution >= 4 is 12.4 Å². The number of benzene rings is 1. The summed E-state index contributed by atoms with van der Waals surface area (Å²) in [6, 6.07) is 5.91. The van der Waals surface area contributed by atoms with Gasteiger partial charge in [0.15, 0.2) is 0 Å². The number of carboxylic acid groups (broad SMARTS) is 2. The predicted molar refractivity (Wildman–Crippen MR) is 103 cm³/mol. The molecule has 0 bridgehead atoms. The van der Waals surface area contributed by atoms with Gasteiger partial charge in [-0.15, -0.1) is 0 Å². The van der Waals surface area contributed by atoms with Gasteiger partial charge in [0.05, 0.1) is 18.1 Å². The quantitative estimate of drug-likeness (QED) is 0.623. The van der Waals surface area contributed by atoms with Crippen molar-refractivity contribution in [2.45, 2.75) is 39.0 Å². The molecule has 0 spiro atoms. The smallest absolute Gasteiger partial charge is 0.313 e. The highest BCUT2D eigenvalue weighted by molar-refractivity contribution is 5.76. The minimum Gasteiger partial charge on any atom is -0.483 e. The number of aryl methyl sites for hydroxylation is 1. The summed E-state index contributed by atoms with van der Waals surface area (Å²) in [6.07, 6.45) is 3.16. The van der Waals surface area contributed by atoms with Gasteiger partial charge in [-0.25, -0.2) is 9.37 Å². The van der Waals surface area contributed by atoms with Gasteiger partial charge < -0.3 is 19.9 Å². The van der Waals surface area contributed by atoms with Crippen LogP contribution < -0.4 is 0 Å². The number of hydrogen-bond acceptors (Lipinski definition) is 5. The number of carbonyl (C=O) groups is 2. The van der Waals surface area contributed by atoms with Crippen LogP contribution in [0.4, 0.5) is 4.39 Å². The molecule has 1 fully saturated rings. The molecule has 0 saturated carbocycles. The number of aliphatic carboxylic acids is 1.